The standard InChI is InChI=1S/C11H7O7S/c12-6-4-5-2-1-3-7(19(16,17)18)8(5)9(10(6)13)11(14)15/h1-3,12-13H,(H,14,15)(H,16,17,18). The molecule has 0 heterocycles. The molecule has 2 rings (SSSR count). The molecule has 0 spiro atoms. The summed E-state index contributed by atoms with van der Waals surface area (Å²) in [5, 5.41) is 27.4. The highest BCUT2D eigenvalue weighted by Gasteiger charge is 2.24. The van der Waals surface area contributed by atoms with E-state index in [2.05, 4.69) is 6.07 Å². The summed E-state index contributed by atoms with van der Waals surface area (Å²) in [7, 11) is -4.69. The van der Waals surface area contributed by atoms with Gasteiger partial charge in [0.05, 0.1) is 0 Å². The Bertz CT molecular complexity index is 792. The molecule has 19 heavy (non-hydrogen) atoms. The average molecular weight is 283 g/mol. The van der Waals surface area contributed by atoms with Crippen molar-refractivity contribution in [2.75, 3.05) is 0 Å². The maximum absolute atomic E-state index is 11.2. The zero-order valence-electron chi connectivity index (χ0n) is 9.15. The van der Waals surface area contributed by atoms with Gasteiger partial charge in [-0.25, -0.2) is 4.79 Å². The zero-order valence-corrected chi connectivity index (χ0v) is 9.97. The summed E-state index contributed by atoms with van der Waals surface area (Å²) < 4.78 is 31.5. The van der Waals surface area contributed by atoms with E-state index >= 15 is 0 Å². The third-order valence-electron chi connectivity index (χ3n) is 2.48. The molecule has 0 bridgehead atoms. The molecular formula is C11H7O7S. The van der Waals surface area contributed by atoms with Gasteiger partial charge < -0.3 is 15.3 Å². The number of aromatic carboxylic acids is 1. The fourth-order valence-electron chi connectivity index (χ4n) is 1.74. The first-order valence-corrected chi connectivity index (χ1v) is 6.28. The molecule has 2 aromatic carbocycles. The van der Waals surface area contributed by atoms with Crippen LogP contribution in [-0.4, -0.2) is 34.3 Å². The minimum atomic E-state index is -4.69. The smallest absolute Gasteiger partial charge is 0.340 e. The molecule has 0 aliphatic carbocycles. The van der Waals surface area contributed by atoms with E-state index in [0.717, 1.165) is 6.07 Å². The number of carbonyl (C=O) groups is 1. The highest BCUT2D eigenvalue weighted by molar-refractivity contribution is 7.86. The first kappa shape index (κ1) is 13.1. The first-order chi connectivity index (χ1) is 8.73. The minimum Gasteiger partial charge on any atom is -0.504 e. The molecule has 7 nitrogen and oxygen atoms in total. The van der Waals surface area contributed by atoms with Crippen molar-refractivity contribution in [2.45, 2.75) is 4.90 Å². The number of phenols is 2. The Morgan fingerprint density at radius 1 is 1.21 bits per heavy atom. The van der Waals surface area contributed by atoms with Crippen LogP contribution in [0.5, 0.6) is 11.5 Å². The van der Waals surface area contributed by atoms with Crippen molar-refractivity contribution in [3.8, 4) is 11.5 Å². The summed E-state index contributed by atoms with van der Waals surface area (Å²) in [5.41, 5.74) is -0.820. The third-order valence-corrected chi connectivity index (χ3v) is 3.38. The van der Waals surface area contributed by atoms with E-state index < -0.39 is 43.4 Å². The van der Waals surface area contributed by atoms with Crippen LogP contribution in [0.2, 0.25) is 0 Å². The molecule has 4 N–H and O–H groups in total. The lowest BCUT2D eigenvalue weighted by molar-refractivity contribution is 0.0695. The summed E-state index contributed by atoms with van der Waals surface area (Å²) in [6, 6.07) is 5.74. The van der Waals surface area contributed by atoms with Gasteiger partial charge in [-0.05, 0) is 11.5 Å². The van der Waals surface area contributed by atoms with Crippen LogP contribution in [0.1, 0.15) is 10.4 Å². The van der Waals surface area contributed by atoms with E-state index in [1.54, 1.807) is 0 Å². The van der Waals surface area contributed by atoms with Gasteiger partial charge in [-0.1, -0.05) is 12.1 Å². The van der Waals surface area contributed by atoms with E-state index in [1.165, 1.54) is 12.1 Å². The molecule has 0 atom stereocenters. The summed E-state index contributed by atoms with van der Waals surface area (Å²) in [6.45, 7) is 0. The Kier molecular flexibility index (Phi) is 2.84. The van der Waals surface area contributed by atoms with Gasteiger partial charge in [0.2, 0.25) is 0 Å². The van der Waals surface area contributed by atoms with Crippen LogP contribution >= 0.6 is 0 Å². The van der Waals surface area contributed by atoms with Crippen molar-refractivity contribution in [3.63, 3.8) is 0 Å². The SMILES string of the molecule is O=C(O)c1c(O)c(O)[c]c2cccc(S(=O)(=O)O)c12. The molecule has 99 valence electrons. The normalized spacial score (nSPS) is 11.6. The molecule has 0 aromatic heterocycles. The molecular weight excluding hydrogens is 276 g/mol. The number of fused-ring (bicyclic) bond motifs is 1. The lowest BCUT2D eigenvalue weighted by atomic mass is 10.0. The topological polar surface area (TPSA) is 132 Å². The van der Waals surface area contributed by atoms with Gasteiger partial charge >= 0.3 is 5.97 Å². The summed E-state index contributed by atoms with van der Waals surface area (Å²) in [5.74, 6) is -3.49. The number of hydrogen-bond donors (Lipinski definition) is 4. The van der Waals surface area contributed by atoms with Crippen molar-refractivity contribution >= 4 is 26.9 Å². The van der Waals surface area contributed by atoms with Crippen molar-refractivity contribution in [1.29, 1.82) is 0 Å². The number of aromatic hydroxyl groups is 2. The van der Waals surface area contributed by atoms with Crippen LogP contribution < -0.4 is 0 Å². The van der Waals surface area contributed by atoms with Crippen molar-refractivity contribution in [2.24, 2.45) is 0 Å². The van der Waals surface area contributed by atoms with Gasteiger partial charge in [0.1, 0.15) is 10.5 Å². The maximum Gasteiger partial charge on any atom is 0.340 e. The third kappa shape index (κ3) is 2.07. The Balaban J connectivity index is 3.12. The quantitative estimate of drug-likeness (QED) is 0.477. The number of phenolic OH excluding ortho intramolecular Hbond substituents is 1. The monoisotopic (exact) mass is 283 g/mol. The lowest BCUT2D eigenvalue weighted by Gasteiger charge is -2.09. The van der Waals surface area contributed by atoms with Gasteiger partial charge in [-0.2, -0.15) is 8.42 Å². The van der Waals surface area contributed by atoms with Gasteiger partial charge in [0, 0.05) is 11.5 Å². The molecule has 0 amide bonds. The van der Waals surface area contributed by atoms with E-state index in [9.17, 15) is 23.4 Å². The molecule has 0 saturated carbocycles. The van der Waals surface area contributed by atoms with Crippen LogP contribution in [0.25, 0.3) is 10.8 Å². The Morgan fingerprint density at radius 3 is 2.37 bits per heavy atom. The number of rotatable bonds is 2. The number of carboxylic acids is 1. The predicted molar refractivity (Wildman–Crippen MR) is 62.9 cm³/mol. The van der Waals surface area contributed by atoms with E-state index in [4.69, 9.17) is 9.66 Å². The maximum atomic E-state index is 11.2. The first-order valence-electron chi connectivity index (χ1n) is 4.84. The van der Waals surface area contributed by atoms with Crippen molar-refractivity contribution in [1.82, 2.24) is 0 Å². The number of hydrogen-bond acceptors (Lipinski definition) is 5. The molecule has 8 heteroatoms. The van der Waals surface area contributed by atoms with Crippen LogP contribution in [0, 0.1) is 6.07 Å². The molecule has 0 fully saturated rings. The van der Waals surface area contributed by atoms with Crippen molar-refractivity contribution < 1.29 is 33.1 Å². The second-order valence-corrected chi connectivity index (χ2v) is 5.05. The molecule has 0 aliphatic heterocycles. The molecule has 0 aliphatic rings. The minimum absolute atomic E-state index is 0.0668. The molecule has 0 saturated heterocycles. The van der Waals surface area contributed by atoms with E-state index in [1.807, 2.05) is 0 Å². The Hall–Kier alpha value is -2.32. The number of carboxylic acid groups (broad SMARTS) is 1. The van der Waals surface area contributed by atoms with Crippen LogP contribution in [0.15, 0.2) is 23.1 Å². The fourth-order valence-corrected chi connectivity index (χ4v) is 2.46. The highest BCUT2D eigenvalue weighted by Crippen LogP contribution is 2.38. The van der Waals surface area contributed by atoms with E-state index in [-0.39, 0.29) is 5.39 Å². The van der Waals surface area contributed by atoms with Gasteiger partial charge in [0.25, 0.3) is 10.1 Å². The molecule has 2 aromatic rings. The Morgan fingerprint density at radius 2 is 1.84 bits per heavy atom. The van der Waals surface area contributed by atoms with Gasteiger partial charge in [0.15, 0.2) is 11.5 Å². The zero-order chi connectivity index (χ0) is 14.4. The van der Waals surface area contributed by atoms with Crippen LogP contribution in [0.4, 0.5) is 0 Å². The number of benzene rings is 2. The van der Waals surface area contributed by atoms with Crippen molar-refractivity contribution in [3.05, 3.63) is 29.8 Å². The van der Waals surface area contributed by atoms with Gasteiger partial charge in [-0.15, -0.1) is 0 Å². The Labute approximate surface area is 107 Å². The molecule has 1 radical (unpaired) electrons. The van der Waals surface area contributed by atoms with E-state index in [0.29, 0.717) is 0 Å². The largest absolute Gasteiger partial charge is 0.504 e. The summed E-state index contributed by atoms with van der Waals surface area (Å²) in [6.07, 6.45) is 0. The molecule has 0 unspecified atom stereocenters. The second-order valence-electron chi connectivity index (χ2n) is 3.66. The van der Waals surface area contributed by atoms with Crippen LogP contribution in [-0.2, 0) is 10.1 Å². The predicted octanol–water partition coefficient (Wildman–Crippen LogP) is 0.996. The van der Waals surface area contributed by atoms with Gasteiger partial charge in [-0.3, -0.25) is 4.55 Å². The summed E-state index contributed by atoms with van der Waals surface area (Å²) in [4.78, 5) is 10.4. The fraction of sp³-hybridized carbons (Fsp3) is 0. The lowest BCUT2D eigenvalue weighted by Crippen LogP contribution is -2.05. The second kappa shape index (κ2) is 4.11. The highest BCUT2D eigenvalue weighted by atomic mass is 32.2. The van der Waals surface area contributed by atoms with Crippen LogP contribution in [0.3, 0.4) is 0 Å². The summed E-state index contributed by atoms with van der Waals surface area (Å²) >= 11 is 0. The average Bonchev–Trinajstić information content (AvgIpc) is 2.28.